The van der Waals surface area contributed by atoms with Crippen molar-refractivity contribution in [3.05, 3.63) is 76.9 Å². The SMILES string of the molecule is CC1=C[C@@H]2C(C(C)C)=CC3=C(C)C=C[C@]13P2c1ccccc1. The predicted octanol–water partition coefficient (Wildman–Crippen LogP) is 5.34. The van der Waals surface area contributed by atoms with Gasteiger partial charge in [0.05, 0.1) is 5.16 Å². The molecule has 22 heavy (non-hydrogen) atoms. The van der Waals surface area contributed by atoms with E-state index in [2.05, 4.69) is 82.3 Å². The molecule has 0 saturated heterocycles. The summed E-state index contributed by atoms with van der Waals surface area (Å²) in [4.78, 5) is 0. The average Bonchev–Trinajstić information content (AvgIpc) is 2.95. The highest BCUT2D eigenvalue weighted by Gasteiger charge is 2.54. The van der Waals surface area contributed by atoms with Crippen LogP contribution < -0.4 is 5.30 Å². The van der Waals surface area contributed by atoms with Gasteiger partial charge in [0.1, 0.15) is 0 Å². The van der Waals surface area contributed by atoms with Crippen molar-refractivity contribution in [1.82, 2.24) is 0 Å². The molecule has 4 rings (SSSR count). The lowest BCUT2D eigenvalue weighted by Crippen LogP contribution is -2.34. The van der Waals surface area contributed by atoms with Crippen LogP contribution in [0.25, 0.3) is 0 Å². The summed E-state index contributed by atoms with van der Waals surface area (Å²) < 4.78 is 0. The van der Waals surface area contributed by atoms with Crippen molar-refractivity contribution in [3.63, 3.8) is 0 Å². The first kappa shape index (κ1) is 14.2. The lowest BCUT2D eigenvalue weighted by molar-refractivity contribution is 0.745. The van der Waals surface area contributed by atoms with Crippen molar-refractivity contribution in [2.24, 2.45) is 5.92 Å². The second kappa shape index (κ2) is 4.80. The zero-order chi connectivity index (χ0) is 15.5. The Morgan fingerprint density at radius 1 is 1.09 bits per heavy atom. The Kier molecular flexibility index (Phi) is 3.10. The summed E-state index contributed by atoms with van der Waals surface area (Å²) in [6.07, 6.45) is 9.95. The number of benzene rings is 1. The van der Waals surface area contributed by atoms with Gasteiger partial charge in [-0.15, -0.1) is 0 Å². The number of allylic oxidation sites excluding steroid dienone is 8. The van der Waals surface area contributed by atoms with Crippen LogP contribution in [-0.4, -0.2) is 10.8 Å². The highest BCUT2D eigenvalue weighted by molar-refractivity contribution is 7.69. The van der Waals surface area contributed by atoms with Crippen LogP contribution in [0.3, 0.4) is 0 Å². The fraction of sp³-hybridized carbons (Fsp3) is 0.333. The van der Waals surface area contributed by atoms with E-state index in [0.29, 0.717) is 11.6 Å². The summed E-state index contributed by atoms with van der Waals surface area (Å²) in [6.45, 7) is 9.31. The Morgan fingerprint density at radius 2 is 1.82 bits per heavy atom. The maximum absolute atomic E-state index is 2.57. The Morgan fingerprint density at radius 3 is 2.50 bits per heavy atom. The summed E-state index contributed by atoms with van der Waals surface area (Å²) in [7, 11) is -0.283. The molecule has 2 bridgehead atoms. The molecule has 1 aromatic rings. The van der Waals surface area contributed by atoms with Crippen LogP contribution in [0.1, 0.15) is 27.7 Å². The quantitative estimate of drug-likeness (QED) is 0.511. The molecule has 1 spiro atoms. The molecule has 1 aliphatic carbocycles. The number of rotatable bonds is 2. The van der Waals surface area contributed by atoms with Crippen molar-refractivity contribution < 1.29 is 0 Å². The van der Waals surface area contributed by atoms with Gasteiger partial charge in [0.15, 0.2) is 0 Å². The smallest absolute Gasteiger partial charge is 0.0593 e. The monoisotopic (exact) mass is 306 g/mol. The van der Waals surface area contributed by atoms with Crippen LogP contribution in [0.15, 0.2) is 76.9 Å². The molecule has 0 N–H and O–H groups in total. The van der Waals surface area contributed by atoms with Gasteiger partial charge in [0, 0.05) is 5.66 Å². The summed E-state index contributed by atoms with van der Waals surface area (Å²) in [5.74, 6) is 0.611. The third-order valence-corrected chi connectivity index (χ3v) is 8.79. The minimum atomic E-state index is -0.283. The van der Waals surface area contributed by atoms with Crippen LogP contribution in [-0.2, 0) is 0 Å². The minimum Gasteiger partial charge on any atom is -0.0722 e. The second-order valence-corrected chi connectivity index (χ2v) is 9.51. The number of hydrogen-bond donors (Lipinski definition) is 0. The van der Waals surface area contributed by atoms with Crippen LogP contribution in [0.5, 0.6) is 0 Å². The van der Waals surface area contributed by atoms with Gasteiger partial charge in [-0.25, -0.2) is 0 Å². The molecular formula is C21H23P. The molecule has 0 aromatic heterocycles. The predicted molar refractivity (Wildman–Crippen MR) is 98.0 cm³/mol. The summed E-state index contributed by atoms with van der Waals surface area (Å²) in [5.41, 5.74) is 6.81. The lowest BCUT2D eigenvalue weighted by atomic mass is 9.91. The zero-order valence-corrected chi connectivity index (χ0v) is 14.7. The lowest BCUT2D eigenvalue weighted by Gasteiger charge is -2.43. The number of fused-ring (bicyclic) bond motifs is 1. The van der Waals surface area contributed by atoms with Crippen molar-refractivity contribution in [2.75, 3.05) is 0 Å². The highest BCUT2D eigenvalue weighted by Crippen LogP contribution is 2.71. The van der Waals surface area contributed by atoms with Gasteiger partial charge >= 0.3 is 0 Å². The van der Waals surface area contributed by atoms with E-state index in [1.807, 2.05) is 0 Å². The number of hydrogen-bond acceptors (Lipinski definition) is 0. The maximum atomic E-state index is 2.57. The molecule has 1 aromatic carbocycles. The molecule has 0 nitrogen and oxygen atoms in total. The molecule has 3 atom stereocenters. The summed E-state index contributed by atoms with van der Waals surface area (Å²) in [5, 5.41) is 1.71. The largest absolute Gasteiger partial charge is 0.0722 e. The topological polar surface area (TPSA) is 0 Å². The molecule has 3 aliphatic rings. The Labute approximate surface area is 135 Å². The van der Waals surface area contributed by atoms with Gasteiger partial charge in [-0.05, 0) is 44.1 Å². The molecular weight excluding hydrogens is 283 g/mol. The maximum Gasteiger partial charge on any atom is 0.0593 e. The fourth-order valence-corrected chi connectivity index (χ4v) is 8.20. The van der Waals surface area contributed by atoms with E-state index in [0.717, 1.165) is 0 Å². The first-order valence-corrected chi connectivity index (χ1v) is 9.62. The van der Waals surface area contributed by atoms with E-state index in [1.165, 1.54) is 5.57 Å². The molecule has 2 heterocycles. The molecule has 2 aliphatic heterocycles. The van der Waals surface area contributed by atoms with E-state index >= 15 is 0 Å². The highest BCUT2D eigenvalue weighted by atomic mass is 31.1. The molecule has 0 fully saturated rings. The van der Waals surface area contributed by atoms with E-state index in [9.17, 15) is 0 Å². The third kappa shape index (κ3) is 1.68. The molecule has 0 saturated carbocycles. The minimum absolute atomic E-state index is 0.170. The standard InChI is InChI=1S/C21H23P/c1-14(2)18-13-19-15(3)10-11-21(19)16(4)12-20(18)22(21)17-8-6-5-7-9-17/h5-14,20H,1-4H3/t20-,21+,22?/m1/s1. The van der Waals surface area contributed by atoms with Crippen molar-refractivity contribution in [2.45, 2.75) is 38.5 Å². The van der Waals surface area contributed by atoms with Gasteiger partial charge in [0.2, 0.25) is 0 Å². The Bertz CT molecular complexity index is 745. The van der Waals surface area contributed by atoms with Gasteiger partial charge in [-0.1, -0.05) is 79.6 Å². The molecule has 1 heteroatoms. The first-order valence-electron chi connectivity index (χ1n) is 8.21. The molecule has 112 valence electrons. The van der Waals surface area contributed by atoms with Crippen molar-refractivity contribution >= 4 is 13.2 Å². The zero-order valence-electron chi connectivity index (χ0n) is 13.8. The summed E-state index contributed by atoms with van der Waals surface area (Å²) in [6, 6.07) is 11.2. The van der Waals surface area contributed by atoms with Crippen LogP contribution >= 0.6 is 7.92 Å². The fourth-order valence-electron chi connectivity index (χ4n) is 4.31. The van der Waals surface area contributed by atoms with Crippen LogP contribution in [0, 0.1) is 5.92 Å². The van der Waals surface area contributed by atoms with Crippen LogP contribution in [0.4, 0.5) is 0 Å². The van der Waals surface area contributed by atoms with Gasteiger partial charge in [0.25, 0.3) is 0 Å². The van der Waals surface area contributed by atoms with Gasteiger partial charge in [-0.3, -0.25) is 0 Å². The average molecular weight is 306 g/mol. The van der Waals surface area contributed by atoms with E-state index in [4.69, 9.17) is 0 Å². The summed E-state index contributed by atoms with van der Waals surface area (Å²) >= 11 is 0. The van der Waals surface area contributed by atoms with Crippen LogP contribution in [0.2, 0.25) is 0 Å². The molecule has 0 amide bonds. The van der Waals surface area contributed by atoms with Crippen molar-refractivity contribution in [3.8, 4) is 0 Å². The Balaban J connectivity index is 1.99. The van der Waals surface area contributed by atoms with Crippen molar-refractivity contribution in [1.29, 1.82) is 0 Å². The van der Waals surface area contributed by atoms with Gasteiger partial charge in [-0.2, -0.15) is 0 Å². The van der Waals surface area contributed by atoms with E-state index in [1.54, 1.807) is 22.0 Å². The Hall–Kier alpha value is -1.39. The van der Waals surface area contributed by atoms with E-state index in [-0.39, 0.29) is 13.1 Å². The second-order valence-electron chi connectivity index (χ2n) is 7.00. The normalized spacial score (nSPS) is 32.4. The van der Waals surface area contributed by atoms with E-state index < -0.39 is 0 Å². The molecule has 0 radical (unpaired) electrons. The first-order chi connectivity index (χ1) is 10.6. The molecule has 1 unspecified atom stereocenters. The van der Waals surface area contributed by atoms with Gasteiger partial charge < -0.3 is 0 Å². The third-order valence-electron chi connectivity index (χ3n) is 5.43.